The lowest BCUT2D eigenvalue weighted by Crippen LogP contribution is -1.95. The Labute approximate surface area is 118 Å². The second kappa shape index (κ2) is 5.09. The van der Waals surface area contributed by atoms with Gasteiger partial charge < -0.3 is 0 Å². The lowest BCUT2D eigenvalue weighted by Gasteiger charge is -2.11. The Hall–Kier alpha value is -0.380. The van der Waals surface area contributed by atoms with Crippen LogP contribution in [0.3, 0.4) is 0 Å². The first-order valence-corrected chi connectivity index (χ1v) is 7.26. The zero-order chi connectivity index (χ0) is 12.6. The minimum absolute atomic E-state index is 0.113. The Kier molecular flexibility index (Phi) is 3.91. The van der Waals surface area contributed by atoms with Crippen LogP contribution in [0.2, 0.25) is 5.02 Å². The van der Waals surface area contributed by atoms with Crippen molar-refractivity contribution in [3.8, 4) is 0 Å². The number of alkyl halides is 1. The molecule has 0 aliphatic heterocycles. The van der Waals surface area contributed by atoms with Gasteiger partial charge in [0.2, 0.25) is 0 Å². The summed E-state index contributed by atoms with van der Waals surface area (Å²) in [6, 6.07) is 6.90. The average Bonchev–Trinajstić information content (AvgIpc) is 2.57. The van der Waals surface area contributed by atoms with E-state index in [9.17, 15) is 4.39 Å². The molecule has 0 saturated carbocycles. The van der Waals surface area contributed by atoms with Crippen LogP contribution in [-0.4, -0.2) is 0 Å². The standard InChI is InChI=1S/C13H11BrClFS/c1-7-5-8(2)17-13(7)12(14)10-4-3-9(15)6-11(10)16/h3-6,12H,1-2H3. The Bertz CT molecular complexity index is 550. The lowest BCUT2D eigenvalue weighted by atomic mass is 10.1. The SMILES string of the molecule is Cc1cc(C)c(C(Br)c2ccc(Cl)cc2F)s1. The maximum absolute atomic E-state index is 13.8. The number of aryl methyl sites for hydroxylation is 2. The quantitative estimate of drug-likeness (QED) is 0.624. The van der Waals surface area contributed by atoms with Crippen LogP contribution in [0.4, 0.5) is 4.39 Å². The van der Waals surface area contributed by atoms with Gasteiger partial charge in [0.1, 0.15) is 5.82 Å². The predicted molar refractivity (Wildman–Crippen MR) is 76.0 cm³/mol. The molecule has 0 amide bonds. The number of rotatable bonds is 2. The average molecular weight is 334 g/mol. The van der Waals surface area contributed by atoms with Crippen LogP contribution in [0.25, 0.3) is 0 Å². The molecule has 1 atom stereocenters. The molecule has 0 saturated heterocycles. The molecule has 1 heterocycles. The first-order chi connectivity index (χ1) is 7.99. The van der Waals surface area contributed by atoms with Crippen molar-refractivity contribution in [3.05, 3.63) is 56.0 Å². The van der Waals surface area contributed by atoms with Crippen LogP contribution < -0.4 is 0 Å². The molecule has 0 bridgehead atoms. The highest BCUT2D eigenvalue weighted by atomic mass is 79.9. The summed E-state index contributed by atoms with van der Waals surface area (Å²) in [6.07, 6.45) is 0. The third-order valence-corrected chi connectivity index (χ3v) is 5.25. The number of thiophene rings is 1. The van der Waals surface area contributed by atoms with Crippen molar-refractivity contribution in [1.82, 2.24) is 0 Å². The zero-order valence-electron chi connectivity index (χ0n) is 9.43. The molecule has 0 aliphatic rings. The van der Waals surface area contributed by atoms with Gasteiger partial charge in [-0.05, 0) is 37.6 Å². The van der Waals surface area contributed by atoms with Gasteiger partial charge in [-0.2, -0.15) is 0 Å². The van der Waals surface area contributed by atoms with Crippen LogP contribution in [-0.2, 0) is 0 Å². The first kappa shape index (κ1) is 13.1. The summed E-state index contributed by atoms with van der Waals surface area (Å²) in [7, 11) is 0. The molecular weight excluding hydrogens is 323 g/mol. The van der Waals surface area contributed by atoms with E-state index in [0.717, 1.165) is 4.88 Å². The number of benzene rings is 1. The summed E-state index contributed by atoms with van der Waals surface area (Å²) in [5.41, 5.74) is 1.81. The van der Waals surface area contributed by atoms with Crippen molar-refractivity contribution >= 4 is 38.9 Å². The summed E-state index contributed by atoms with van der Waals surface area (Å²) in [5, 5.41) is 0.421. The van der Waals surface area contributed by atoms with Gasteiger partial charge in [-0.25, -0.2) is 4.39 Å². The minimum Gasteiger partial charge on any atom is -0.207 e. The summed E-state index contributed by atoms with van der Waals surface area (Å²) < 4.78 is 13.8. The molecule has 2 aromatic rings. The molecule has 1 unspecified atom stereocenters. The maximum atomic E-state index is 13.8. The molecule has 0 radical (unpaired) electrons. The molecule has 0 spiro atoms. The van der Waals surface area contributed by atoms with Gasteiger partial charge in [-0.15, -0.1) is 11.3 Å². The van der Waals surface area contributed by atoms with Gasteiger partial charge in [0.25, 0.3) is 0 Å². The Balaban J connectivity index is 2.43. The number of halogens is 3. The van der Waals surface area contributed by atoms with Crippen molar-refractivity contribution in [2.75, 3.05) is 0 Å². The van der Waals surface area contributed by atoms with Gasteiger partial charge >= 0.3 is 0 Å². The van der Waals surface area contributed by atoms with Crippen molar-refractivity contribution in [2.45, 2.75) is 18.7 Å². The summed E-state index contributed by atoms with van der Waals surface area (Å²) in [6.45, 7) is 4.10. The van der Waals surface area contributed by atoms with E-state index in [-0.39, 0.29) is 10.6 Å². The largest absolute Gasteiger partial charge is 0.207 e. The van der Waals surface area contributed by atoms with Crippen LogP contribution >= 0.6 is 38.9 Å². The van der Waals surface area contributed by atoms with Gasteiger partial charge in [-0.1, -0.05) is 33.6 Å². The highest BCUT2D eigenvalue weighted by Crippen LogP contribution is 2.39. The highest BCUT2D eigenvalue weighted by Gasteiger charge is 2.18. The van der Waals surface area contributed by atoms with Crippen LogP contribution in [0, 0.1) is 19.7 Å². The normalized spacial score (nSPS) is 12.8. The summed E-state index contributed by atoms with van der Waals surface area (Å²) in [4.78, 5) is 2.26. The Morgan fingerprint density at radius 2 is 2.00 bits per heavy atom. The van der Waals surface area contributed by atoms with E-state index in [4.69, 9.17) is 11.6 Å². The monoisotopic (exact) mass is 332 g/mol. The Morgan fingerprint density at radius 1 is 1.29 bits per heavy atom. The van der Waals surface area contributed by atoms with E-state index in [1.54, 1.807) is 23.5 Å². The van der Waals surface area contributed by atoms with E-state index in [0.29, 0.717) is 10.6 Å². The second-order valence-electron chi connectivity index (χ2n) is 3.93. The van der Waals surface area contributed by atoms with Crippen molar-refractivity contribution in [3.63, 3.8) is 0 Å². The van der Waals surface area contributed by atoms with E-state index >= 15 is 0 Å². The molecule has 4 heteroatoms. The third-order valence-electron chi connectivity index (χ3n) is 2.55. The van der Waals surface area contributed by atoms with E-state index in [1.165, 1.54) is 16.5 Å². The third kappa shape index (κ3) is 2.72. The summed E-state index contributed by atoms with van der Waals surface area (Å²) in [5.74, 6) is -0.273. The van der Waals surface area contributed by atoms with Gasteiger partial charge in [0.15, 0.2) is 0 Å². The molecule has 1 aromatic carbocycles. The first-order valence-electron chi connectivity index (χ1n) is 5.15. The molecule has 2 rings (SSSR count). The maximum Gasteiger partial charge on any atom is 0.129 e. The molecular formula is C13H11BrClFS. The van der Waals surface area contributed by atoms with Crippen molar-refractivity contribution in [2.24, 2.45) is 0 Å². The number of hydrogen-bond acceptors (Lipinski definition) is 1. The molecule has 0 N–H and O–H groups in total. The predicted octanol–water partition coefficient (Wildman–Crippen LogP) is 5.64. The summed E-state index contributed by atoms with van der Waals surface area (Å²) >= 11 is 11.0. The highest BCUT2D eigenvalue weighted by molar-refractivity contribution is 9.09. The fraction of sp³-hybridized carbons (Fsp3) is 0.231. The van der Waals surface area contributed by atoms with Crippen molar-refractivity contribution < 1.29 is 4.39 Å². The molecule has 0 aliphatic carbocycles. The molecule has 17 heavy (non-hydrogen) atoms. The molecule has 90 valence electrons. The second-order valence-corrected chi connectivity index (χ2v) is 6.57. The fourth-order valence-corrected chi connectivity index (χ4v) is 3.96. The fourth-order valence-electron chi connectivity index (χ4n) is 1.76. The molecule has 0 nitrogen and oxygen atoms in total. The zero-order valence-corrected chi connectivity index (χ0v) is 12.6. The Morgan fingerprint density at radius 3 is 2.53 bits per heavy atom. The minimum atomic E-state index is -0.273. The topological polar surface area (TPSA) is 0 Å². The van der Waals surface area contributed by atoms with Gasteiger partial charge in [-0.3, -0.25) is 0 Å². The van der Waals surface area contributed by atoms with E-state index in [2.05, 4.69) is 28.9 Å². The van der Waals surface area contributed by atoms with E-state index < -0.39 is 0 Å². The van der Waals surface area contributed by atoms with Gasteiger partial charge in [0.05, 0.1) is 4.83 Å². The van der Waals surface area contributed by atoms with E-state index in [1.807, 2.05) is 6.92 Å². The van der Waals surface area contributed by atoms with Crippen LogP contribution in [0.15, 0.2) is 24.3 Å². The van der Waals surface area contributed by atoms with Gasteiger partial charge in [0, 0.05) is 20.3 Å². The smallest absolute Gasteiger partial charge is 0.129 e. The van der Waals surface area contributed by atoms with Crippen LogP contribution in [0.5, 0.6) is 0 Å². The molecule has 1 aromatic heterocycles. The van der Waals surface area contributed by atoms with Crippen LogP contribution in [0.1, 0.15) is 25.7 Å². The number of hydrogen-bond donors (Lipinski definition) is 0. The van der Waals surface area contributed by atoms with Crippen molar-refractivity contribution in [1.29, 1.82) is 0 Å². The molecule has 0 fully saturated rings. The lowest BCUT2D eigenvalue weighted by molar-refractivity contribution is 0.614.